The van der Waals surface area contributed by atoms with Crippen LogP contribution in [0.1, 0.15) is 35.2 Å². The van der Waals surface area contributed by atoms with Gasteiger partial charge in [0.25, 0.3) is 5.91 Å². The molecule has 3 unspecified atom stereocenters. The molecule has 2 saturated heterocycles. The highest BCUT2D eigenvalue weighted by Gasteiger charge is 2.45. The second-order valence-corrected chi connectivity index (χ2v) is 8.83. The number of halogens is 2. The second-order valence-electron chi connectivity index (χ2n) is 8.42. The van der Waals surface area contributed by atoms with Crippen molar-refractivity contribution in [1.82, 2.24) is 19.9 Å². The normalized spacial score (nSPS) is 22.1. The lowest BCUT2D eigenvalue weighted by atomic mass is 9.77. The first-order valence-electron chi connectivity index (χ1n) is 10.7. The van der Waals surface area contributed by atoms with Gasteiger partial charge in [-0.25, -0.2) is 19.3 Å². The van der Waals surface area contributed by atoms with Gasteiger partial charge in [0.1, 0.15) is 16.9 Å². The standard InChI is InChI=1S/C24H22ClFN4O2/c1-14-9-19(25)23(29-12-14)32-21-10-15-3-6-20(21)30(13-15)24(31)18-11-16(26)4-5-17(18)22-27-7-2-8-28-22/h2,4-5,7-9,11-12,15,20-21H,3,6,10,13H2,1H3. The monoisotopic (exact) mass is 452 g/mol. The lowest BCUT2D eigenvalue weighted by molar-refractivity contribution is -0.0313. The summed E-state index contributed by atoms with van der Waals surface area (Å²) in [5, 5.41) is 0.456. The van der Waals surface area contributed by atoms with Crippen LogP contribution in [0, 0.1) is 18.7 Å². The van der Waals surface area contributed by atoms with Crippen LogP contribution in [0.15, 0.2) is 48.9 Å². The lowest BCUT2D eigenvalue weighted by Gasteiger charge is -2.49. The Morgan fingerprint density at radius 1 is 1.19 bits per heavy atom. The number of nitrogens with zero attached hydrogens (tertiary/aromatic N) is 4. The maximum Gasteiger partial charge on any atom is 0.255 e. The highest BCUT2D eigenvalue weighted by molar-refractivity contribution is 6.31. The Hall–Kier alpha value is -3.06. The number of aromatic nitrogens is 3. The van der Waals surface area contributed by atoms with Crippen LogP contribution < -0.4 is 4.74 Å². The van der Waals surface area contributed by atoms with Gasteiger partial charge in [0.15, 0.2) is 5.82 Å². The second kappa shape index (κ2) is 8.47. The molecule has 0 spiro atoms. The van der Waals surface area contributed by atoms with Gasteiger partial charge in [-0.15, -0.1) is 0 Å². The number of ether oxygens (including phenoxy) is 1. The summed E-state index contributed by atoms with van der Waals surface area (Å²) in [7, 11) is 0. The van der Waals surface area contributed by atoms with Crippen molar-refractivity contribution in [3.63, 3.8) is 0 Å². The molecule has 3 fully saturated rings. The number of carbonyl (C=O) groups excluding carboxylic acids is 1. The number of fused-ring (bicyclic) bond motifs is 3. The number of amides is 1. The van der Waals surface area contributed by atoms with Gasteiger partial charge in [0.2, 0.25) is 5.88 Å². The molecule has 0 N–H and O–H groups in total. The Labute approximate surface area is 190 Å². The van der Waals surface area contributed by atoms with Crippen LogP contribution in [-0.2, 0) is 0 Å². The van der Waals surface area contributed by atoms with Crippen molar-refractivity contribution in [1.29, 1.82) is 0 Å². The average Bonchev–Trinajstić information content (AvgIpc) is 2.81. The van der Waals surface area contributed by atoms with E-state index in [1.807, 2.05) is 17.9 Å². The van der Waals surface area contributed by atoms with Gasteiger partial charge in [-0.2, -0.15) is 0 Å². The molecule has 0 radical (unpaired) electrons. The van der Waals surface area contributed by atoms with Crippen molar-refractivity contribution in [3.05, 3.63) is 70.9 Å². The number of benzene rings is 1. The highest BCUT2D eigenvalue weighted by atomic mass is 35.5. The molecular formula is C24H22ClFN4O2. The van der Waals surface area contributed by atoms with E-state index in [1.165, 1.54) is 12.1 Å². The minimum Gasteiger partial charge on any atom is -0.471 e. The summed E-state index contributed by atoms with van der Waals surface area (Å²) in [6, 6.07) is 7.52. The van der Waals surface area contributed by atoms with E-state index < -0.39 is 5.82 Å². The van der Waals surface area contributed by atoms with E-state index >= 15 is 0 Å². The molecule has 1 saturated carbocycles. The maximum atomic E-state index is 14.2. The van der Waals surface area contributed by atoms with Crippen LogP contribution >= 0.6 is 11.6 Å². The van der Waals surface area contributed by atoms with Crippen molar-refractivity contribution in [3.8, 4) is 17.3 Å². The zero-order valence-electron chi connectivity index (χ0n) is 17.5. The lowest BCUT2D eigenvalue weighted by Crippen LogP contribution is -2.59. The fourth-order valence-electron chi connectivity index (χ4n) is 4.72. The predicted molar refractivity (Wildman–Crippen MR) is 118 cm³/mol. The van der Waals surface area contributed by atoms with Gasteiger partial charge in [-0.3, -0.25) is 4.79 Å². The number of rotatable bonds is 4. The summed E-state index contributed by atoms with van der Waals surface area (Å²) < 4.78 is 20.4. The van der Waals surface area contributed by atoms with Gasteiger partial charge < -0.3 is 9.64 Å². The summed E-state index contributed by atoms with van der Waals surface area (Å²) in [5.74, 6) is 0.368. The van der Waals surface area contributed by atoms with Crippen LogP contribution in [0.4, 0.5) is 4.39 Å². The molecule has 2 aliphatic heterocycles. The first kappa shape index (κ1) is 20.8. The zero-order valence-corrected chi connectivity index (χ0v) is 18.3. The molecule has 32 heavy (non-hydrogen) atoms. The molecule has 2 bridgehead atoms. The molecule has 6 nitrogen and oxygen atoms in total. The fraction of sp³-hybridized carbons (Fsp3) is 0.333. The fourth-order valence-corrected chi connectivity index (χ4v) is 4.99. The maximum absolute atomic E-state index is 14.2. The van der Waals surface area contributed by atoms with E-state index in [-0.39, 0.29) is 23.6 Å². The van der Waals surface area contributed by atoms with E-state index in [9.17, 15) is 9.18 Å². The highest BCUT2D eigenvalue weighted by Crippen LogP contribution is 2.39. The molecule has 2 aromatic heterocycles. The van der Waals surface area contributed by atoms with Crippen molar-refractivity contribution in [2.45, 2.75) is 38.3 Å². The Kier molecular flexibility index (Phi) is 5.51. The summed E-state index contributed by atoms with van der Waals surface area (Å²) >= 11 is 6.33. The van der Waals surface area contributed by atoms with Crippen LogP contribution in [0.5, 0.6) is 5.88 Å². The molecule has 1 amide bonds. The van der Waals surface area contributed by atoms with E-state index in [4.69, 9.17) is 16.3 Å². The summed E-state index contributed by atoms with van der Waals surface area (Å²) in [5.41, 5.74) is 1.72. The van der Waals surface area contributed by atoms with Crippen molar-refractivity contribution in [2.24, 2.45) is 5.92 Å². The number of carbonyl (C=O) groups is 1. The smallest absolute Gasteiger partial charge is 0.255 e. The molecule has 8 heteroatoms. The molecule has 6 rings (SSSR count). The quantitative estimate of drug-likeness (QED) is 0.573. The van der Waals surface area contributed by atoms with E-state index in [2.05, 4.69) is 15.0 Å². The Bertz CT molecular complexity index is 1160. The molecule has 1 aromatic carbocycles. The molecular weight excluding hydrogens is 431 g/mol. The molecule has 164 valence electrons. The number of pyridine rings is 1. The minimum atomic E-state index is -0.473. The third-order valence-corrected chi connectivity index (χ3v) is 6.48. The molecule has 1 aliphatic carbocycles. The van der Waals surface area contributed by atoms with E-state index in [0.717, 1.165) is 24.8 Å². The average molecular weight is 453 g/mol. The Morgan fingerprint density at radius 2 is 2.00 bits per heavy atom. The van der Waals surface area contributed by atoms with Crippen molar-refractivity contribution in [2.75, 3.05) is 6.54 Å². The Balaban J connectivity index is 1.45. The zero-order chi connectivity index (χ0) is 22.2. The molecule has 3 aliphatic rings. The van der Waals surface area contributed by atoms with Crippen LogP contribution in [0.2, 0.25) is 5.02 Å². The van der Waals surface area contributed by atoms with Gasteiger partial charge in [-0.1, -0.05) is 11.6 Å². The van der Waals surface area contributed by atoms with Crippen LogP contribution in [-0.4, -0.2) is 44.4 Å². The predicted octanol–water partition coefficient (Wildman–Crippen LogP) is 4.71. The number of aryl methyl sites for hydroxylation is 1. The van der Waals surface area contributed by atoms with E-state index in [1.54, 1.807) is 30.7 Å². The minimum absolute atomic E-state index is 0.139. The van der Waals surface area contributed by atoms with Crippen molar-refractivity contribution < 1.29 is 13.9 Å². The largest absolute Gasteiger partial charge is 0.471 e. The third kappa shape index (κ3) is 3.93. The van der Waals surface area contributed by atoms with Crippen LogP contribution in [0.25, 0.3) is 11.4 Å². The topological polar surface area (TPSA) is 68.2 Å². The van der Waals surface area contributed by atoms with Gasteiger partial charge >= 0.3 is 0 Å². The summed E-state index contributed by atoms with van der Waals surface area (Å²) in [6.45, 7) is 2.53. The summed E-state index contributed by atoms with van der Waals surface area (Å²) in [4.78, 5) is 28.3. The molecule has 4 heterocycles. The number of hydrogen-bond donors (Lipinski definition) is 0. The number of hydrogen-bond acceptors (Lipinski definition) is 5. The van der Waals surface area contributed by atoms with Crippen LogP contribution in [0.3, 0.4) is 0 Å². The first-order chi connectivity index (χ1) is 15.5. The molecule has 3 aromatic rings. The molecule has 3 atom stereocenters. The van der Waals surface area contributed by atoms with Gasteiger partial charge in [-0.05, 0) is 68.0 Å². The summed E-state index contributed by atoms with van der Waals surface area (Å²) in [6.07, 6.45) is 7.38. The Morgan fingerprint density at radius 3 is 2.75 bits per heavy atom. The van der Waals surface area contributed by atoms with E-state index in [0.29, 0.717) is 34.8 Å². The number of piperidine rings is 2. The van der Waals surface area contributed by atoms with Gasteiger partial charge in [0.05, 0.1) is 11.6 Å². The van der Waals surface area contributed by atoms with Crippen molar-refractivity contribution >= 4 is 17.5 Å². The van der Waals surface area contributed by atoms with Gasteiger partial charge in [0, 0.05) is 30.7 Å². The SMILES string of the molecule is Cc1cnc(OC2CC3CCC2N(C(=O)c2cc(F)ccc2-c2ncccn2)C3)c(Cl)c1. The third-order valence-electron chi connectivity index (χ3n) is 6.21. The first-order valence-corrected chi connectivity index (χ1v) is 11.0.